The van der Waals surface area contributed by atoms with Crippen LogP contribution in [0.5, 0.6) is 0 Å². The van der Waals surface area contributed by atoms with Gasteiger partial charge in [0.25, 0.3) is 0 Å². The maximum Gasteiger partial charge on any atom is 0.144 e. The number of benzene rings is 1. The molecule has 0 N–H and O–H groups in total. The van der Waals surface area contributed by atoms with Gasteiger partial charge >= 0.3 is 0 Å². The van der Waals surface area contributed by atoms with Crippen molar-refractivity contribution in [3.05, 3.63) is 41.8 Å². The SMILES string of the molecule is CC(C)(C)[S+]([O-])/N=C/[C@@H]1[C@H]2C[C@H](c3ccnc4ccc(F)cc34)C[C@@H]12. The Kier molecular flexibility index (Phi) is 4.12. The Balaban J connectivity index is 1.47. The zero-order valence-corrected chi connectivity index (χ0v) is 15.6. The molecule has 1 heterocycles. The molecule has 1 aromatic heterocycles. The molecule has 132 valence electrons. The Morgan fingerprint density at radius 1 is 1.24 bits per heavy atom. The Bertz CT molecular complexity index is 820. The molecule has 0 saturated heterocycles. The van der Waals surface area contributed by atoms with E-state index in [1.807, 2.05) is 39.2 Å². The molecule has 1 unspecified atom stereocenters. The molecule has 0 amide bonds. The quantitative estimate of drug-likeness (QED) is 0.592. The van der Waals surface area contributed by atoms with Gasteiger partial charge < -0.3 is 4.55 Å². The highest BCUT2D eigenvalue weighted by Crippen LogP contribution is 2.61. The van der Waals surface area contributed by atoms with E-state index in [-0.39, 0.29) is 10.6 Å². The first kappa shape index (κ1) is 17.0. The number of aromatic nitrogens is 1. The maximum atomic E-state index is 13.6. The van der Waals surface area contributed by atoms with Gasteiger partial charge in [0.2, 0.25) is 0 Å². The molecule has 5 heteroatoms. The van der Waals surface area contributed by atoms with Crippen LogP contribution in [0.3, 0.4) is 0 Å². The van der Waals surface area contributed by atoms with Crippen molar-refractivity contribution >= 4 is 28.5 Å². The molecular weight excluding hydrogens is 335 g/mol. The van der Waals surface area contributed by atoms with Crippen LogP contribution >= 0.6 is 0 Å². The van der Waals surface area contributed by atoms with E-state index in [2.05, 4.69) is 9.38 Å². The third-order valence-electron chi connectivity index (χ3n) is 5.54. The van der Waals surface area contributed by atoms with Gasteiger partial charge in [-0.25, -0.2) is 4.39 Å². The van der Waals surface area contributed by atoms with E-state index < -0.39 is 11.4 Å². The van der Waals surface area contributed by atoms with Gasteiger partial charge in [-0.1, -0.05) is 4.40 Å². The first-order chi connectivity index (χ1) is 11.8. The first-order valence-electron chi connectivity index (χ1n) is 8.85. The number of rotatable bonds is 3. The summed E-state index contributed by atoms with van der Waals surface area (Å²) in [5, 5.41) is 0.938. The summed E-state index contributed by atoms with van der Waals surface area (Å²) in [6.07, 6.45) is 5.94. The molecule has 0 radical (unpaired) electrons. The lowest BCUT2D eigenvalue weighted by Gasteiger charge is -2.18. The summed E-state index contributed by atoms with van der Waals surface area (Å²) in [6, 6.07) is 6.86. The van der Waals surface area contributed by atoms with Crippen LogP contribution in [0, 0.1) is 23.6 Å². The lowest BCUT2D eigenvalue weighted by Crippen LogP contribution is -2.26. The Morgan fingerprint density at radius 2 is 1.96 bits per heavy atom. The monoisotopic (exact) mass is 358 g/mol. The van der Waals surface area contributed by atoms with Crippen LogP contribution in [0.4, 0.5) is 4.39 Å². The van der Waals surface area contributed by atoms with E-state index >= 15 is 0 Å². The highest BCUT2D eigenvalue weighted by molar-refractivity contribution is 7.91. The van der Waals surface area contributed by atoms with E-state index in [0.717, 1.165) is 23.7 Å². The van der Waals surface area contributed by atoms with Crippen LogP contribution in [-0.4, -0.2) is 20.5 Å². The van der Waals surface area contributed by atoms with Gasteiger partial charge in [-0.15, -0.1) is 0 Å². The third-order valence-corrected chi connectivity index (χ3v) is 6.90. The predicted molar refractivity (Wildman–Crippen MR) is 101 cm³/mol. The lowest BCUT2D eigenvalue weighted by molar-refractivity contribution is 0.561. The summed E-state index contributed by atoms with van der Waals surface area (Å²) in [5.74, 6) is 1.97. The van der Waals surface area contributed by atoms with Crippen molar-refractivity contribution in [2.45, 2.75) is 44.3 Å². The lowest BCUT2D eigenvalue weighted by atomic mass is 9.90. The fourth-order valence-corrected chi connectivity index (χ4v) is 4.71. The van der Waals surface area contributed by atoms with Gasteiger partial charge in [-0.3, -0.25) is 4.98 Å². The second kappa shape index (κ2) is 6.06. The van der Waals surface area contributed by atoms with E-state index in [0.29, 0.717) is 23.7 Å². The van der Waals surface area contributed by atoms with Gasteiger partial charge in [-0.2, -0.15) is 0 Å². The standard InChI is InChI=1S/C20H23FN2OS/c1-20(2,3)25(24)23-11-18-15-8-12(9-16(15)18)14-6-7-22-19-5-4-13(21)10-17(14)19/h4-7,10-12,15-16,18H,8-9H2,1-3H3/b23-11+/t12-,15-,16+,18+,25?. The van der Waals surface area contributed by atoms with Crippen LogP contribution in [0.25, 0.3) is 10.9 Å². The van der Waals surface area contributed by atoms with Gasteiger partial charge in [0.15, 0.2) is 0 Å². The van der Waals surface area contributed by atoms with Crippen molar-refractivity contribution in [1.82, 2.24) is 4.98 Å². The summed E-state index contributed by atoms with van der Waals surface area (Å²) in [7, 11) is 0. The van der Waals surface area contributed by atoms with Gasteiger partial charge in [0.05, 0.1) is 11.7 Å². The molecule has 0 aliphatic heterocycles. The molecule has 25 heavy (non-hydrogen) atoms. The topological polar surface area (TPSA) is 48.3 Å². The summed E-state index contributed by atoms with van der Waals surface area (Å²) in [5.41, 5.74) is 2.07. The fourth-order valence-electron chi connectivity index (χ4n) is 4.15. The Labute approximate surface area is 151 Å². The van der Waals surface area contributed by atoms with Crippen LogP contribution < -0.4 is 0 Å². The molecule has 2 aliphatic rings. The minimum Gasteiger partial charge on any atom is -0.591 e. The molecule has 1 aromatic carbocycles. The fraction of sp³-hybridized carbons (Fsp3) is 0.500. The molecule has 0 spiro atoms. The van der Waals surface area contributed by atoms with Crippen molar-refractivity contribution < 1.29 is 8.94 Å². The second-order valence-corrected chi connectivity index (χ2v) is 10.2. The molecule has 5 atom stereocenters. The molecule has 0 bridgehead atoms. The summed E-state index contributed by atoms with van der Waals surface area (Å²) >= 11 is -1.17. The largest absolute Gasteiger partial charge is 0.591 e. The van der Waals surface area contributed by atoms with Gasteiger partial charge in [0, 0.05) is 17.5 Å². The minimum atomic E-state index is -1.17. The van der Waals surface area contributed by atoms with E-state index in [1.54, 1.807) is 12.1 Å². The number of nitrogens with zero attached hydrogens (tertiary/aromatic N) is 2. The summed E-state index contributed by atoms with van der Waals surface area (Å²) in [4.78, 5) is 4.35. The number of hydrogen-bond acceptors (Lipinski definition) is 3. The number of hydrogen-bond donors (Lipinski definition) is 0. The van der Waals surface area contributed by atoms with Crippen molar-refractivity contribution in [1.29, 1.82) is 0 Å². The maximum absolute atomic E-state index is 13.6. The average Bonchev–Trinajstić information content (AvgIpc) is 3.00. The van der Waals surface area contributed by atoms with E-state index in [1.165, 1.54) is 11.6 Å². The number of halogens is 1. The van der Waals surface area contributed by atoms with Crippen LogP contribution in [-0.2, 0) is 11.4 Å². The second-order valence-electron chi connectivity index (χ2n) is 8.25. The van der Waals surface area contributed by atoms with E-state index in [9.17, 15) is 8.94 Å². The Morgan fingerprint density at radius 3 is 2.64 bits per heavy atom. The van der Waals surface area contributed by atoms with Crippen LogP contribution in [0.1, 0.15) is 45.1 Å². The molecule has 4 rings (SSSR count). The highest BCUT2D eigenvalue weighted by atomic mass is 32.2. The van der Waals surface area contributed by atoms with Crippen molar-refractivity contribution in [2.75, 3.05) is 0 Å². The molecular formula is C20H23FN2OS. The molecule has 3 nitrogen and oxygen atoms in total. The smallest absolute Gasteiger partial charge is 0.144 e. The van der Waals surface area contributed by atoms with Crippen LogP contribution in [0.15, 0.2) is 34.9 Å². The van der Waals surface area contributed by atoms with Crippen molar-refractivity contribution in [2.24, 2.45) is 22.2 Å². The summed E-state index contributed by atoms with van der Waals surface area (Å²) < 4.78 is 29.7. The third kappa shape index (κ3) is 3.20. The minimum absolute atomic E-state index is 0.209. The summed E-state index contributed by atoms with van der Waals surface area (Å²) in [6.45, 7) is 5.83. The Hall–Kier alpha value is -1.46. The number of pyridine rings is 1. The first-order valence-corrected chi connectivity index (χ1v) is 9.95. The molecule has 2 saturated carbocycles. The normalized spacial score (nSPS) is 30.0. The van der Waals surface area contributed by atoms with Crippen molar-refractivity contribution in [3.8, 4) is 0 Å². The van der Waals surface area contributed by atoms with Crippen LogP contribution in [0.2, 0.25) is 0 Å². The predicted octanol–water partition coefficient (Wildman–Crippen LogP) is 4.65. The molecule has 2 aromatic rings. The average molecular weight is 358 g/mol. The van der Waals surface area contributed by atoms with Gasteiger partial charge in [-0.05, 0) is 81.2 Å². The van der Waals surface area contributed by atoms with Gasteiger partial charge in [0.1, 0.15) is 21.9 Å². The zero-order chi connectivity index (χ0) is 17.8. The van der Waals surface area contributed by atoms with Crippen molar-refractivity contribution in [3.63, 3.8) is 0 Å². The molecule has 2 aliphatic carbocycles. The molecule has 2 fully saturated rings. The van der Waals surface area contributed by atoms with E-state index in [4.69, 9.17) is 0 Å². The zero-order valence-electron chi connectivity index (χ0n) is 14.8. The number of fused-ring (bicyclic) bond motifs is 2. The highest BCUT2D eigenvalue weighted by Gasteiger charge is 2.55.